The molecular weight excluding hydrogens is 556 g/mol. The number of fused-ring (bicyclic) bond motifs is 1. The van der Waals surface area contributed by atoms with Crippen molar-refractivity contribution in [2.45, 2.75) is 26.7 Å². The summed E-state index contributed by atoms with van der Waals surface area (Å²) in [6.07, 6.45) is 1.48. The standard InChI is InChI=1S/C28H24BrClN4O3/c1-16(2)21-14-22(17(3)11-25(21)36-4)27-33-24-8-6-5-7-20(24)28(35)34(27)32-15-18-12-19(30)13-23(29)26(18)37-10-9-31/h5-8,11-16H,10H2,1-4H3. The number of para-hydroxylation sites is 1. The Morgan fingerprint density at radius 1 is 1.24 bits per heavy atom. The van der Waals surface area contributed by atoms with Gasteiger partial charge in [-0.05, 0) is 76.3 Å². The van der Waals surface area contributed by atoms with Crippen molar-refractivity contribution in [2.24, 2.45) is 5.10 Å². The van der Waals surface area contributed by atoms with E-state index in [1.807, 2.05) is 31.2 Å². The zero-order valence-electron chi connectivity index (χ0n) is 20.8. The minimum Gasteiger partial charge on any atom is -0.496 e. The summed E-state index contributed by atoms with van der Waals surface area (Å²) >= 11 is 9.69. The number of aryl methyl sites for hydroxylation is 1. The Balaban J connectivity index is 1.99. The molecule has 0 aliphatic rings. The molecule has 188 valence electrons. The molecule has 0 saturated heterocycles. The number of benzene rings is 3. The number of hydrogen-bond donors (Lipinski definition) is 0. The number of halogens is 2. The molecule has 37 heavy (non-hydrogen) atoms. The minimum atomic E-state index is -0.321. The lowest BCUT2D eigenvalue weighted by molar-refractivity contribution is 0.365. The number of methoxy groups -OCH3 is 1. The van der Waals surface area contributed by atoms with Crippen LogP contribution in [-0.2, 0) is 0 Å². The summed E-state index contributed by atoms with van der Waals surface area (Å²) in [5.74, 6) is 1.74. The summed E-state index contributed by atoms with van der Waals surface area (Å²) in [6.45, 7) is 5.94. The molecule has 3 aromatic carbocycles. The molecule has 0 fully saturated rings. The highest BCUT2D eigenvalue weighted by atomic mass is 79.9. The van der Waals surface area contributed by atoms with E-state index in [4.69, 9.17) is 31.3 Å². The molecule has 7 nitrogen and oxygen atoms in total. The highest BCUT2D eigenvalue weighted by Gasteiger charge is 2.18. The van der Waals surface area contributed by atoms with E-state index in [-0.39, 0.29) is 18.1 Å². The molecule has 1 heterocycles. The Morgan fingerprint density at radius 2 is 2.00 bits per heavy atom. The lowest BCUT2D eigenvalue weighted by Gasteiger charge is -2.17. The van der Waals surface area contributed by atoms with Crippen LogP contribution in [0.4, 0.5) is 0 Å². The minimum absolute atomic E-state index is 0.160. The highest BCUT2D eigenvalue weighted by Crippen LogP contribution is 2.35. The Bertz CT molecular complexity index is 1620. The molecule has 1 aromatic heterocycles. The zero-order valence-corrected chi connectivity index (χ0v) is 23.1. The monoisotopic (exact) mass is 578 g/mol. The van der Waals surface area contributed by atoms with Gasteiger partial charge in [-0.25, -0.2) is 4.98 Å². The van der Waals surface area contributed by atoms with Crippen molar-refractivity contribution < 1.29 is 9.47 Å². The third-order valence-electron chi connectivity index (χ3n) is 5.82. The maximum atomic E-state index is 13.7. The van der Waals surface area contributed by atoms with Crippen molar-refractivity contribution in [3.8, 4) is 29.0 Å². The van der Waals surface area contributed by atoms with Gasteiger partial charge in [0, 0.05) is 16.1 Å². The van der Waals surface area contributed by atoms with Gasteiger partial charge in [0.2, 0.25) is 0 Å². The smallest absolute Gasteiger partial charge is 0.282 e. The van der Waals surface area contributed by atoms with Gasteiger partial charge in [0.15, 0.2) is 12.4 Å². The van der Waals surface area contributed by atoms with E-state index >= 15 is 0 Å². The van der Waals surface area contributed by atoms with E-state index in [1.54, 1.807) is 37.4 Å². The summed E-state index contributed by atoms with van der Waals surface area (Å²) in [5.41, 5.74) is 3.38. The summed E-state index contributed by atoms with van der Waals surface area (Å²) in [7, 11) is 1.64. The van der Waals surface area contributed by atoms with E-state index in [9.17, 15) is 4.79 Å². The average Bonchev–Trinajstić information content (AvgIpc) is 2.87. The van der Waals surface area contributed by atoms with Crippen LogP contribution in [0.3, 0.4) is 0 Å². The third-order valence-corrected chi connectivity index (χ3v) is 6.63. The maximum absolute atomic E-state index is 13.7. The summed E-state index contributed by atoms with van der Waals surface area (Å²) in [5, 5.41) is 14.4. The van der Waals surface area contributed by atoms with Crippen LogP contribution in [0.5, 0.6) is 11.5 Å². The van der Waals surface area contributed by atoms with Crippen LogP contribution in [0.25, 0.3) is 22.3 Å². The Labute approximate surface area is 228 Å². The predicted molar refractivity (Wildman–Crippen MR) is 150 cm³/mol. The fraction of sp³-hybridized carbons (Fsp3) is 0.214. The molecule has 4 rings (SSSR count). The number of nitrogens with zero attached hydrogens (tertiary/aromatic N) is 4. The van der Waals surface area contributed by atoms with Crippen molar-refractivity contribution >= 4 is 44.6 Å². The summed E-state index contributed by atoms with van der Waals surface area (Å²) in [6, 6.07) is 16.4. The van der Waals surface area contributed by atoms with Crippen molar-refractivity contribution in [1.82, 2.24) is 9.66 Å². The first-order chi connectivity index (χ1) is 17.7. The van der Waals surface area contributed by atoms with Crippen LogP contribution < -0.4 is 15.0 Å². The second-order valence-corrected chi connectivity index (χ2v) is 9.92. The average molecular weight is 580 g/mol. The summed E-state index contributed by atoms with van der Waals surface area (Å²) < 4.78 is 13.0. The Kier molecular flexibility index (Phi) is 7.96. The maximum Gasteiger partial charge on any atom is 0.282 e. The van der Waals surface area contributed by atoms with E-state index in [0.717, 1.165) is 22.4 Å². The van der Waals surface area contributed by atoms with Gasteiger partial charge in [-0.15, -0.1) is 0 Å². The third kappa shape index (κ3) is 5.38. The van der Waals surface area contributed by atoms with Crippen molar-refractivity contribution in [2.75, 3.05) is 13.7 Å². The van der Waals surface area contributed by atoms with Gasteiger partial charge in [0.1, 0.15) is 17.6 Å². The van der Waals surface area contributed by atoms with Crippen LogP contribution in [0, 0.1) is 18.3 Å². The zero-order chi connectivity index (χ0) is 26.7. The van der Waals surface area contributed by atoms with Gasteiger partial charge in [-0.3, -0.25) is 4.79 Å². The number of aromatic nitrogens is 2. The molecule has 0 radical (unpaired) electrons. The fourth-order valence-corrected chi connectivity index (χ4v) is 4.97. The largest absolute Gasteiger partial charge is 0.496 e. The molecule has 9 heteroatoms. The van der Waals surface area contributed by atoms with Crippen LogP contribution in [0.15, 0.2) is 62.9 Å². The first-order valence-corrected chi connectivity index (χ1v) is 12.7. The van der Waals surface area contributed by atoms with E-state index < -0.39 is 0 Å². The van der Waals surface area contributed by atoms with Crippen LogP contribution in [0.2, 0.25) is 5.02 Å². The van der Waals surface area contributed by atoms with Crippen molar-refractivity contribution in [3.05, 3.63) is 85.1 Å². The number of hydrogen-bond acceptors (Lipinski definition) is 6. The van der Waals surface area contributed by atoms with Gasteiger partial charge in [0.25, 0.3) is 5.56 Å². The second kappa shape index (κ2) is 11.2. The quantitative estimate of drug-likeness (QED) is 0.227. The van der Waals surface area contributed by atoms with Gasteiger partial charge >= 0.3 is 0 Å². The molecule has 0 bridgehead atoms. The van der Waals surface area contributed by atoms with Gasteiger partial charge < -0.3 is 9.47 Å². The molecule has 0 saturated carbocycles. The molecule has 0 atom stereocenters. The van der Waals surface area contributed by atoms with Gasteiger partial charge in [-0.2, -0.15) is 15.0 Å². The van der Waals surface area contributed by atoms with E-state index in [2.05, 4.69) is 34.9 Å². The molecule has 0 N–H and O–H groups in total. The van der Waals surface area contributed by atoms with Crippen molar-refractivity contribution in [1.29, 1.82) is 5.26 Å². The van der Waals surface area contributed by atoms with Crippen LogP contribution in [0.1, 0.15) is 36.5 Å². The predicted octanol–water partition coefficient (Wildman–Crippen LogP) is 6.70. The molecule has 0 spiro atoms. The van der Waals surface area contributed by atoms with Crippen LogP contribution >= 0.6 is 27.5 Å². The summed E-state index contributed by atoms with van der Waals surface area (Å²) in [4.78, 5) is 18.5. The SMILES string of the molecule is COc1cc(C)c(-c2nc3ccccc3c(=O)n2N=Cc2cc(Cl)cc(Br)c2OCC#N)cc1C(C)C. The fourth-order valence-electron chi connectivity index (χ4n) is 4.03. The van der Waals surface area contributed by atoms with Gasteiger partial charge in [0.05, 0.1) is 28.7 Å². The molecule has 0 amide bonds. The van der Waals surface area contributed by atoms with Crippen molar-refractivity contribution in [3.63, 3.8) is 0 Å². The van der Waals surface area contributed by atoms with E-state index in [0.29, 0.717) is 37.5 Å². The first kappa shape index (κ1) is 26.4. The topological polar surface area (TPSA) is 89.5 Å². The van der Waals surface area contributed by atoms with Crippen LogP contribution in [-0.4, -0.2) is 29.6 Å². The Morgan fingerprint density at radius 3 is 2.70 bits per heavy atom. The number of ether oxygens (including phenoxy) is 2. The van der Waals surface area contributed by atoms with E-state index in [1.165, 1.54) is 10.9 Å². The highest BCUT2D eigenvalue weighted by molar-refractivity contribution is 9.10. The molecule has 0 unspecified atom stereocenters. The first-order valence-electron chi connectivity index (χ1n) is 11.5. The lowest BCUT2D eigenvalue weighted by Crippen LogP contribution is -2.21. The number of nitriles is 1. The normalized spacial score (nSPS) is 11.3. The molecule has 0 aliphatic carbocycles. The van der Waals surface area contributed by atoms with Gasteiger partial charge in [-0.1, -0.05) is 37.6 Å². The molecule has 4 aromatic rings. The molecular formula is C28H24BrClN4O3. The lowest BCUT2D eigenvalue weighted by atomic mass is 9.96. The molecule has 0 aliphatic heterocycles. The number of rotatable bonds is 7. The Hall–Kier alpha value is -3.67. The second-order valence-electron chi connectivity index (χ2n) is 8.63.